The van der Waals surface area contributed by atoms with Gasteiger partial charge in [0.1, 0.15) is 0 Å². The zero-order valence-corrected chi connectivity index (χ0v) is 7.58. The Morgan fingerprint density at radius 3 is 2.21 bits per heavy atom. The Kier molecular flexibility index (Phi) is 2.81. The van der Waals surface area contributed by atoms with Crippen molar-refractivity contribution < 1.29 is 13.8 Å². The number of halogens is 2. The molecule has 0 aromatic heterocycles. The van der Waals surface area contributed by atoms with Crippen LogP contribution < -0.4 is 5.73 Å². The Balaban J connectivity index is 3.20. The Morgan fingerprint density at radius 2 is 1.86 bits per heavy atom. The summed E-state index contributed by atoms with van der Waals surface area (Å²) in [5.74, 6) is -1.09. The number of hydrogen-bond donors (Lipinski definition) is 1. The Hall–Kier alpha value is -1.49. The van der Waals surface area contributed by atoms with Crippen LogP contribution in [-0.2, 0) is 10.3 Å². The summed E-state index contributed by atoms with van der Waals surface area (Å²) in [5, 5.41) is -1.18. The molecular weight excluding hydrogens is 190 g/mol. The maximum absolute atomic E-state index is 12.6. The van der Waals surface area contributed by atoms with Crippen LogP contribution in [0.25, 0.3) is 0 Å². The van der Waals surface area contributed by atoms with Gasteiger partial charge in [-0.3, -0.25) is 4.79 Å². The number of primary amides is 1. The molecule has 0 saturated heterocycles. The molecule has 14 heavy (non-hydrogen) atoms. The van der Waals surface area contributed by atoms with E-state index in [9.17, 15) is 13.8 Å². The summed E-state index contributed by atoms with van der Waals surface area (Å²) >= 11 is 0. The molecule has 1 aromatic rings. The van der Waals surface area contributed by atoms with Gasteiger partial charge in [-0.15, -0.1) is 8.96 Å². The molecule has 2 N–H and O–H groups in total. The van der Waals surface area contributed by atoms with Gasteiger partial charge in [-0.05, 0) is 12.5 Å². The highest BCUT2D eigenvalue weighted by Crippen LogP contribution is 2.28. The van der Waals surface area contributed by atoms with Gasteiger partial charge in [-0.1, -0.05) is 30.3 Å². The molecule has 1 unspecified atom stereocenters. The van der Waals surface area contributed by atoms with Gasteiger partial charge in [-0.25, -0.2) is 0 Å². The average molecular weight is 200 g/mol. The first-order valence-corrected chi connectivity index (χ1v) is 3.97. The van der Waals surface area contributed by atoms with Crippen molar-refractivity contribution in [3.05, 3.63) is 35.9 Å². The lowest BCUT2D eigenvalue weighted by Gasteiger charge is -2.25. The number of carbonyl (C=O) groups excluding carboxylic acids is 1. The molecule has 0 aliphatic heterocycles. The SMILES string of the molecule is CC(C(N)=O)(c1ccccc1)N(F)F. The first kappa shape index (κ1) is 10.6. The Bertz CT molecular complexity index is 329. The van der Waals surface area contributed by atoms with Gasteiger partial charge in [0.25, 0.3) is 0 Å². The van der Waals surface area contributed by atoms with E-state index in [-0.39, 0.29) is 5.56 Å². The number of hydrogen-bond acceptors (Lipinski definition) is 2. The number of rotatable bonds is 3. The van der Waals surface area contributed by atoms with Crippen molar-refractivity contribution >= 4 is 5.91 Å². The molecule has 0 saturated carbocycles. The molecule has 5 heteroatoms. The fourth-order valence-electron chi connectivity index (χ4n) is 1.09. The van der Waals surface area contributed by atoms with Gasteiger partial charge >= 0.3 is 0 Å². The van der Waals surface area contributed by atoms with Crippen LogP contribution in [0.3, 0.4) is 0 Å². The van der Waals surface area contributed by atoms with E-state index in [0.717, 1.165) is 6.92 Å². The predicted molar refractivity (Wildman–Crippen MR) is 47.0 cm³/mol. The second-order valence-corrected chi connectivity index (χ2v) is 3.04. The fraction of sp³-hybridized carbons (Fsp3) is 0.222. The number of carbonyl (C=O) groups is 1. The second-order valence-electron chi connectivity index (χ2n) is 3.04. The van der Waals surface area contributed by atoms with Crippen LogP contribution in [0.5, 0.6) is 0 Å². The van der Waals surface area contributed by atoms with Crippen molar-refractivity contribution in [3.8, 4) is 0 Å². The molecular formula is C9H10F2N2O. The van der Waals surface area contributed by atoms with E-state index in [0.29, 0.717) is 0 Å². The van der Waals surface area contributed by atoms with Crippen LogP contribution in [0, 0.1) is 0 Å². The molecule has 1 amide bonds. The third-order valence-corrected chi connectivity index (χ3v) is 2.15. The third kappa shape index (κ3) is 1.58. The standard InChI is InChI=1S/C9H10F2N2O/c1-9(8(12)14,13(10)11)7-5-3-2-4-6-7/h2-6H,1H3,(H2,12,14). The van der Waals surface area contributed by atoms with Crippen molar-refractivity contribution in [2.24, 2.45) is 5.73 Å². The number of amides is 1. The van der Waals surface area contributed by atoms with Crippen molar-refractivity contribution in [3.63, 3.8) is 0 Å². The van der Waals surface area contributed by atoms with Gasteiger partial charge in [-0.2, -0.15) is 0 Å². The quantitative estimate of drug-likeness (QED) is 0.751. The molecule has 1 rings (SSSR count). The van der Waals surface area contributed by atoms with Crippen molar-refractivity contribution in [2.75, 3.05) is 0 Å². The van der Waals surface area contributed by atoms with Gasteiger partial charge in [0.15, 0.2) is 5.54 Å². The fourth-order valence-corrected chi connectivity index (χ4v) is 1.09. The monoisotopic (exact) mass is 200 g/mol. The second kappa shape index (κ2) is 3.71. The highest BCUT2D eigenvalue weighted by atomic mass is 19.4. The average Bonchev–Trinajstić information content (AvgIpc) is 2.17. The van der Waals surface area contributed by atoms with Crippen LogP contribution >= 0.6 is 0 Å². The lowest BCUT2D eigenvalue weighted by Crippen LogP contribution is -2.46. The Labute approximate surface area is 80.0 Å². The minimum atomic E-state index is -2.07. The molecule has 3 nitrogen and oxygen atoms in total. The molecule has 1 aromatic carbocycles. The summed E-state index contributed by atoms with van der Waals surface area (Å²) in [4.78, 5) is 11.0. The van der Waals surface area contributed by atoms with E-state index >= 15 is 0 Å². The smallest absolute Gasteiger partial charge is 0.247 e. The largest absolute Gasteiger partial charge is 0.368 e. The summed E-state index contributed by atoms with van der Waals surface area (Å²) in [5.41, 5.74) is 3.04. The maximum atomic E-state index is 12.6. The van der Waals surface area contributed by atoms with Crippen molar-refractivity contribution in [2.45, 2.75) is 12.5 Å². The lowest BCUT2D eigenvalue weighted by molar-refractivity contribution is -0.226. The van der Waals surface area contributed by atoms with Crippen LogP contribution in [0.4, 0.5) is 8.96 Å². The molecule has 0 fully saturated rings. The van der Waals surface area contributed by atoms with E-state index in [1.807, 2.05) is 0 Å². The molecule has 1 atom stereocenters. The maximum Gasteiger partial charge on any atom is 0.247 e. The topological polar surface area (TPSA) is 46.3 Å². The van der Waals surface area contributed by atoms with Crippen LogP contribution in [0.2, 0.25) is 0 Å². The molecule has 0 spiro atoms. The zero-order valence-electron chi connectivity index (χ0n) is 7.58. The van der Waals surface area contributed by atoms with Gasteiger partial charge in [0.05, 0.1) is 0 Å². The normalized spacial score (nSPS) is 15.1. The summed E-state index contributed by atoms with van der Waals surface area (Å²) in [6.45, 7) is 1.07. The van der Waals surface area contributed by atoms with Crippen LogP contribution in [0.15, 0.2) is 30.3 Å². The van der Waals surface area contributed by atoms with Crippen LogP contribution in [-0.4, -0.2) is 11.3 Å². The minimum Gasteiger partial charge on any atom is -0.368 e. The highest BCUT2D eigenvalue weighted by molar-refractivity contribution is 5.85. The van der Waals surface area contributed by atoms with E-state index in [4.69, 9.17) is 5.73 Å². The van der Waals surface area contributed by atoms with Crippen molar-refractivity contribution in [1.29, 1.82) is 0 Å². The Morgan fingerprint density at radius 1 is 1.36 bits per heavy atom. The first-order chi connectivity index (χ1) is 6.49. The minimum absolute atomic E-state index is 0.164. The van der Waals surface area contributed by atoms with E-state index in [2.05, 4.69) is 0 Å². The summed E-state index contributed by atoms with van der Waals surface area (Å²) in [7, 11) is 0. The third-order valence-electron chi connectivity index (χ3n) is 2.15. The van der Waals surface area contributed by atoms with E-state index in [1.165, 1.54) is 12.1 Å². The summed E-state index contributed by atoms with van der Waals surface area (Å²) < 4.78 is 25.1. The molecule has 0 bridgehead atoms. The molecule has 0 radical (unpaired) electrons. The predicted octanol–water partition coefficient (Wildman–Crippen LogP) is 1.46. The number of nitrogens with zero attached hydrogens (tertiary/aromatic N) is 1. The van der Waals surface area contributed by atoms with Gasteiger partial charge in [0, 0.05) is 5.34 Å². The molecule has 0 heterocycles. The molecule has 0 aliphatic rings. The zero-order chi connectivity index (χ0) is 10.8. The summed E-state index contributed by atoms with van der Waals surface area (Å²) in [6.07, 6.45) is 0. The lowest BCUT2D eigenvalue weighted by atomic mass is 9.92. The van der Waals surface area contributed by atoms with Gasteiger partial charge < -0.3 is 5.73 Å². The number of nitrogens with two attached hydrogens (primary N) is 1. The van der Waals surface area contributed by atoms with Gasteiger partial charge in [0.2, 0.25) is 5.91 Å². The molecule has 0 aliphatic carbocycles. The highest BCUT2D eigenvalue weighted by Gasteiger charge is 2.41. The van der Waals surface area contributed by atoms with Crippen molar-refractivity contribution in [1.82, 2.24) is 5.34 Å². The summed E-state index contributed by atoms with van der Waals surface area (Å²) in [6, 6.07) is 7.67. The first-order valence-electron chi connectivity index (χ1n) is 3.97. The van der Waals surface area contributed by atoms with Crippen LogP contribution in [0.1, 0.15) is 12.5 Å². The van der Waals surface area contributed by atoms with E-state index < -0.39 is 16.8 Å². The molecule has 76 valence electrons. The van der Waals surface area contributed by atoms with E-state index in [1.54, 1.807) is 18.2 Å². The number of benzene rings is 1.